The maximum absolute atomic E-state index is 13.3. The molecule has 4 aromatic rings. The number of hydrogen-bond acceptors (Lipinski definition) is 4. The van der Waals surface area contributed by atoms with Crippen LogP contribution >= 0.6 is 24.0 Å². The number of nitrogens with zero attached hydrogens (tertiary/aromatic N) is 1. The molecule has 0 saturated carbocycles. The first-order valence-corrected chi connectivity index (χ1v) is 12.4. The molecule has 0 aliphatic heterocycles. The van der Waals surface area contributed by atoms with Gasteiger partial charge in [-0.15, -0.1) is 11.8 Å². The summed E-state index contributed by atoms with van der Waals surface area (Å²) in [4.78, 5) is 16.0. The first-order valence-electron chi connectivity index (χ1n) is 11.0. The van der Waals surface area contributed by atoms with Gasteiger partial charge in [0.25, 0.3) is 0 Å². The Kier molecular flexibility index (Phi) is 8.38. The minimum atomic E-state index is -0.000813. The predicted octanol–water partition coefficient (Wildman–Crippen LogP) is 6.96. The third-order valence-corrected chi connectivity index (χ3v) is 6.27. The molecule has 0 atom stereocenters. The minimum Gasteiger partial charge on any atom is -0.495 e. The largest absolute Gasteiger partial charge is 0.495 e. The lowest BCUT2D eigenvalue weighted by Crippen LogP contribution is -2.27. The first kappa shape index (κ1) is 24.3. The standard InChI is InChI=1S/C28H25N3O2S2/c1-33-26-18-9-8-17-25(26)30-28(34)29-21-11-10-16-24(19-21)35-20-27(32)31(22-12-4-2-5-13-22)23-14-6-3-7-15-23/h2-19H,20H2,1H3,(H2,29,30,34). The van der Waals surface area contributed by atoms with Crippen molar-refractivity contribution in [1.29, 1.82) is 0 Å². The normalized spacial score (nSPS) is 10.3. The van der Waals surface area contributed by atoms with E-state index in [0.29, 0.717) is 10.9 Å². The summed E-state index contributed by atoms with van der Waals surface area (Å²) in [5.74, 6) is 0.997. The zero-order valence-electron chi connectivity index (χ0n) is 19.2. The van der Waals surface area contributed by atoms with E-state index in [9.17, 15) is 4.79 Å². The summed E-state index contributed by atoms with van der Waals surface area (Å²) in [6.07, 6.45) is 0. The lowest BCUT2D eigenvalue weighted by molar-refractivity contribution is -0.115. The van der Waals surface area contributed by atoms with Crippen molar-refractivity contribution < 1.29 is 9.53 Å². The number of anilines is 4. The fraction of sp³-hybridized carbons (Fsp3) is 0.0714. The average Bonchev–Trinajstić information content (AvgIpc) is 2.89. The van der Waals surface area contributed by atoms with Gasteiger partial charge >= 0.3 is 0 Å². The Balaban J connectivity index is 1.41. The summed E-state index contributed by atoms with van der Waals surface area (Å²) in [7, 11) is 1.62. The molecule has 7 heteroatoms. The molecule has 0 saturated heterocycles. The number of rotatable bonds is 8. The van der Waals surface area contributed by atoms with Crippen molar-refractivity contribution in [3.63, 3.8) is 0 Å². The highest BCUT2D eigenvalue weighted by Crippen LogP contribution is 2.29. The van der Waals surface area contributed by atoms with Crippen LogP contribution in [0.1, 0.15) is 0 Å². The van der Waals surface area contributed by atoms with E-state index >= 15 is 0 Å². The Morgan fingerprint density at radius 1 is 0.829 bits per heavy atom. The van der Waals surface area contributed by atoms with Crippen LogP contribution in [0.4, 0.5) is 22.7 Å². The Labute approximate surface area is 215 Å². The SMILES string of the molecule is COc1ccccc1NC(=S)Nc1cccc(SCC(=O)N(c2ccccc2)c2ccccc2)c1. The Morgan fingerprint density at radius 3 is 2.11 bits per heavy atom. The van der Waals surface area contributed by atoms with Crippen molar-refractivity contribution in [2.45, 2.75) is 4.90 Å². The average molecular weight is 500 g/mol. The highest BCUT2D eigenvalue weighted by molar-refractivity contribution is 8.00. The van der Waals surface area contributed by atoms with E-state index in [2.05, 4.69) is 10.6 Å². The van der Waals surface area contributed by atoms with E-state index in [-0.39, 0.29) is 11.7 Å². The molecule has 0 aliphatic carbocycles. The van der Waals surface area contributed by atoms with Gasteiger partial charge in [0.2, 0.25) is 5.91 Å². The van der Waals surface area contributed by atoms with E-state index in [1.807, 2.05) is 109 Å². The van der Waals surface area contributed by atoms with Gasteiger partial charge in [-0.1, -0.05) is 54.6 Å². The third-order valence-electron chi connectivity index (χ3n) is 5.09. The number of nitrogens with one attached hydrogen (secondary N) is 2. The fourth-order valence-corrected chi connectivity index (χ4v) is 4.53. The smallest absolute Gasteiger partial charge is 0.241 e. The Bertz CT molecular complexity index is 1240. The Morgan fingerprint density at radius 2 is 1.46 bits per heavy atom. The van der Waals surface area contributed by atoms with Gasteiger partial charge in [0.15, 0.2) is 5.11 Å². The van der Waals surface area contributed by atoms with E-state index in [0.717, 1.165) is 27.6 Å². The van der Waals surface area contributed by atoms with Gasteiger partial charge in [0, 0.05) is 22.0 Å². The van der Waals surface area contributed by atoms with Gasteiger partial charge in [0.05, 0.1) is 18.6 Å². The molecule has 0 aliphatic rings. The molecule has 35 heavy (non-hydrogen) atoms. The van der Waals surface area contributed by atoms with Crippen LogP contribution in [0.3, 0.4) is 0 Å². The molecule has 0 spiro atoms. The van der Waals surface area contributed by atoms with Gasteiger partial charge < -0.3 is 15.4 Å². The summed E-state index contributed by atoms with van der Waals surface area (Å²) in [5, 5.41) is 6.81. The summed E-state index contributed by atoms with van der Waals surface area (Å²) in [6.45, 7) is 0. The lowest BCUT2D eigenvalue weighted by atomic mass is 10.2. The van der Waals surface area contributed by atoms with Crippen LogP contribution in [-0.2, 0) is 4.79 Å². The molecule has 0 radical (unpaired) electrons. The molecular formula is C28H25N3O2S2. The molecule has 1 amide bonds. The number of thiocarbonyl (C=S) groups is 1. The van der Waals surface area contributed by atoms with E-state index in [1.165, 1.54) is 11.8 Å². The van der Waals surface area contributed by atoms with Crippen LogP contribution in [0.25, 0.3) is 0 Å². The number of ether oxygens (including phenoxy) is 1. The molecule has 5 nitrogen and oxygen atoms in total. The van der Waals surface area contributed by atoms with E-state index in [4.69, 9.17) is 17.0 Å². The minimum absolute atomic E-state index is 0.000813. The topological polar surface area (TPSA) is 53.6 Å². The van der Waals surface area contributed by atoms with Crippen LogP contribution < -0.4 is 20.3 Å². The molecule has 4 aromatic carbocycles. The number of carbonyl (C=O) groups is 1. The molecule has 0 bridgehead atoms. The third kappa shape index (κ3) is 6.62. The van der Waals surface area contributed by atoms with Crippen molar-refractivity contribution in [2.75, 3.05) is 28.4 Å². The zero-order valence-corrected chi connectivity index (χ0v) is 20.8. The monoisotopic (exact) mass is 499 g/mol. The number of carbonyl (C=O) groups excluding carboxylic acids is 1. The van der Waals surface area contributed by atoms with Gasteiger partial charge in [0.1, 0.15) is 5.75 Å². The number of amides is 1. The van der Waals surface area contributed by atoms with Crippen molar-refractivity contribution in [3.8, 4) is 5.75 Å². The van der Waals surface area contributed by atoms with Crippen LogP contribution in [0.2, 0.25) is 0 Å². The molecule has 0 aromatic heterocycles. The van der Waals surface area contributed by atoms with Gasteiger partial charge in [-0.2, -0.15) is 0 Å². The number of methoxy groups -OCH3 is 1. The number of thioether (sulfide) groups is 1. The highest BCUT2D eigenvalue weighted by atomic mass is 32.2. The summed E-state index contributed by atoms with van der Waals surface area (Å²) in [5.41, 5.74) is 3.29. The summed E-state index contributed by atoms with van der Waals surface area (Å²) < 4.78 is 5.36. The molecular weight excluding hydrogens is 474 g/mol. The van der Waals surface area contributed by atoms with Crippen LogP contribution in [0.15, 0.2) is 114 Å². The maximum Gasteiger partial charge on any atom is 0.241 e. The van der Waals surface area contributed by atoms with Crippen molar-refractivity contribution in [3.05, 3.63) is 109 Å². The quantitative estimate of drug-likeness (QED) is 0.202. The maximum atomic E-state index is 13.3. The van der Waals surface area contributed by atoms with Crippen LogP contribution in [0, 0.1) is 0 Å². The molecule has 0 fully saturated rings. The second-order valence-electron chi connectivity index (χ2n) is 7.50. The first-order chi connectivity index (χ1) is 17.1. The number of hydrogen-bond donors (Lipinski definition) is 2. The summed E-state index contributed by atoms with van der Waals surface area (Å²) in [6, 6.07) is 34.8. The van der Waals surface area contributed by atoms with Crippen molar-refractivity contribution in [2.24, 2.45) is 0 Å². The van der Waals surface area contributed by atoms with Gasteiger partial charge in [-0.25, -0.2) is 0 Å². The second kappa shape index (κ2) is 12.1. The van der Waals surface area contributed by atoms with Crippen LogP contribution in [-0.4, -0.2) is 23.9 Å². The second-order valence-corrected chi connectivity index (χ2v) is 8.95. The molecule has 2 N–H and O–H groups in total. The van der Waals surface area contributed by atoms with E-state index < -0.39 is 0 Å². The predicted molar refractivity (Wildman–Crippen MR) is 150 cm³/mol. The molecule has 0 unspecified atom stereocenters. The van der Waals surface area contributed by atoms with Gasteiger partial charge in [-0.3, -0.25) is 9.69 Å². The number of benzene rings is 4. The zero-order chi connectivity index (χ0) is 24.5. The van der Waals surface area contributed by atoms with Gasteiger partial charge in [-0.05, 0) is 66.8 Å². The van der Waals surface area contributed by atoms with E-state index in [1.54, 1.807) is 12.0 Å². The lowest BCUT2D eigenvalue weighted by Gasteiger charge is -2.23. The number of para-hydroxylation sites is 4. The molecule has 176 valence electrons. The fourth-order valence-electron chi connectivity index (χ4n) is 3.50. The highest BCUT2D eigenvalue weighted by Gasteiger charge is 2.18. The summed E-state index contributed by atoms with van der Waals surface area (Å²) >= 11 is 6.95. The van der Waals surface area contributed by atoms with Crippen LogP contribution in [0.5, 0.6) is 5.75 Å². The Hall–Kier alpha value is -3.81. The molecule has 4 rings (SSSR count). The molecule has 0 heterocycles. The van der Waals surface area contributed by atoms with Crippen molar-refractivity contribution in [1.82, 2.24) is 0 Å². The van der Waals surface area contributed by atoms with Crippen molar-refractivity contribution >= 4 is 57.7 Å².